The average Bonchev–Trinajstić information content (AvgIpc) is 3.00. The predicted octanol–water partition coefficient (Wildman–Crippen LogP) is 9.41. The Balaban J connectivity index is 1.48. The number of hydrogen-bond donors (Lipinski definition) is 0. The second kappa shape index (κ2) is 9.00. The molecule has 176 valence electrons. The maximum absolute atomic E-state index is 9.77. The summed E-state index contributed by atoms with van der Waals surface area (Å²) in [5, 5.41) is 14.3. The van der Waals surface area contributed by atoms with Crippen LogP contribution in [-0.4, -0.2) is 4.98 Å². The number of para-hydroxylation sites is 1. The molecule has 0 aliphatic carbocycles. The first kappa shape index (κ1) is 22.0. The standard InChI is InChI=1S/C36H22N2/c37-23-24-14-19-29(27-17-15-26(16-18-27)25-8-2-1-3-9-25)32(20-24)33-22-36-34(31-12-6-5-11-30(31)33)21-28-10-4-7-13-35(28)38-36/h1-22H. The van der Waals surface area contributed by atoms with E-state index in [4.69, 9.17) is 4.98 Å². The average molecular weight is 483 g/mol. The monoisotopic (exact) mass is 482 g/mol. The molecule has 0 saturated carbocycles. The third-order valence-electron chi connectivity index (χ3n) is 7.28. The zero-order valence-corrected chi connectivity index (χ0v) is 20.6. The normalized spacial score (nSPS) is 11.1. The van der Waals surface area contributed by atoms with Gasteiger partial charge in [0.2, 0.25) is 0 Å². The van der Waals surface area contributed by atoms with E-state index in [-0.39, 0.29) is 0 Å². The molecule has 0 spiro atoms. The first-order valence-corrected chi connectivity index (χ1v) is 12.7. The summed E-state index contributed by atoms with van der Waals surface area (Å²) < 4.78 is 0. The zero-order valence-electron chi connectivity index (χ0n) is 20.6. The van der Waals surface area contributed by atoms with Crippen LogP contribution in [0.2, 0.25) is 0 Å². The van der Waals surface area contributed by atoms with Gasteiger partial charge in [-0.1, -0.05) is 103 Å². The largest absolute Gasteiger partial charge is 0.248 e. The highest BCUT2D eigenvalue weighted by molar-refractivity contribution is 6.15. The molecule has 7 rings (SSSR count). The van der Waals surface area contributed by atoms with Gasteiger partial charge in [-0.3, -0.25) is 0 Å². The lowest BCUT2D eigenvalue weighted by molar-refractivity contribution is 1.48. The maximum Gasteiger partial charge on any atom is 0.0991 e. The Labute approximate surface area is 221 Å². The van der Waals surface area contributed by atoms with Crippen molar-refractivity contribution >= 4 is 32.6 Å². The summed E-state index contributed by atoms with van der Waals surface area (Å²) in [5.41, 5.74) is 9.25. The Morgan fingerprint density at radius 1 is 0.447 bits per heavy atom. The molecule has 0 N–H and O–H groups in total. The highest BCUT2D eigenvalue weighted by atomic mass is 14.7. The summed E-state index contributed by atoms with van der Waals surface area (Å²) in [4.78, 5) is 5.04. The van der Waals surface area contributed by atoms with Crippen molar-refractivity contribution in [2.45, 2.75) is 0 Å². The lowest BCUT2D eigenvalue weighted by atomic mass is 9.88. The molecule has 0 atom stereocenters. The molecular formula is C36H22N2. The quantitative estimate of drug-likeness (QED) is 0.186. The topological polar surface area (TPSA) is 36.7 Å². The van der Waals surface area contributed by atoms with Crippen LogP contribution in [0.5, 0.6) is 0 Å². The Bertz CT molecular complexity index is 2010. The molecule has 2 heteroatoms. The molecule has 1 aromatic heterocycles. The van der Waals surface area contributed by atoms with Crippen molar-refractivity contribution in [2.75, 3.05) is 0 Å². The number of aromatic nitrogens is 1. The highest BCUT2D eigenvalue weighted by Gasteiger charge is 2.15. The maximum atomic E-state index is 9.77. The van der Waals surface area contributed by atoms with Crippen molar-refractivity contribution in [3.05, 3.63) is 139 Å². The van der Waals surface area contributed by atoms with Gasteiger partial charge in [0.1, 0.15) is 0 Å². The summed E-state index contributed by atoms with van der Waals surface area (Å²) in [6.45, 7) is 0. The SMILES string of the molecule is N#Cc1ccc(-c2ccc(-c3ccccc3)cc2)c(-c2cc3nc4ccccc4cc3c3ccccc23)c1. The minimum absolute atomic E-state index is 0.639. The van der Waals surface area contributed by atoms with E-state index in [0.717, 1.165) is 54.8 Å². The van der Waals surface area contributed by atoms with Gasteiger partial charge in [-0.25, -0.2) is 4.98 Å². The van der Waals surface area contributed by atoms with Crippen LogP contribution in [0.1, 0.15) is 5.56 Å². The molecule has 38 heavy (non-hydrogen) atoms. The van der Waals surface area contributed by atoms with Gasteiger partial charge in [-0.2, -0.15) is 5.26 Å². The lowest BCUT2D eigenvalue weighted by Crippen LogP contribution is -1.92. The van der Waals surface area contributed by atoms with Crippen LogP contribution in [0.3, 0.4) is 0 Å². The fraction of sp³-hybridized carbons (Fsp3) is 0. The predicted molar refractivity (Wildman–Crippen MR) is 158 cm³/mol. The van der Waals surface area contributed by atoms with Crippen LogP contribution in [0.4, 0.5) is 0 Å². The molecule has 0 amide bonds. The van der Waals surface area contributed by atoms with E-state index >= 15 is 0 Å². The van der Waals surface area contributed by atoms with Crippen molar-refractivity contribution in [2.24, 2.45) is 0 Å². The van der Waals surface area contributed by atoms with Gasteiger partial charge in [-0.15, -0.1) is 0 Å². The first-order valence-electron chi connectivity index (χ1n) is 12.7. The van der Waals surface area contributed by atoms with Gasteiger partial charge in [0.15, 0.2) is 0 Å². The molecule has 0 bridgehead atoms. The third-order valence-corrected chi connectivity index (χ3v) is 7.28. The van der Waals surface area contributed by atoms with E-state index in [9.17, 15) is 5.26 Å². The Kier molecular flexibility index (Phi) is 5.20. The number of fused-ring (bicyclic) bond motifs is 4. The van der Waals surface area contributed by atoms with Gasteiger partial charge >= 0.3 is 0 Å². The molecular weight excluding hydrogens is 460 g/mol. The molecule has 0 unspecified atom stereocenters. The van der Waals surface area contributed by atoms with Crippen LogP contribution in [0.25, 0.3) is 66.0 Å². The summed E-state index contributed by atoms with van der Waals surface area (Å²) in [7, 11) is 0. The van der Waals surface area contributed by atoms with E-state index in [1.165, 1.54) is 11.1 Å². The zero-order chi connectivity index (χ0) is 25.5. The summed E-state index contributed by atoms with van der Waals surface area (Å²) in [6.07, 6.45) is 0. The summed E-state index contributed by atoms with van der Waals surface area (Å²) in [5.74, 6) is 0. The fourth-order valence-corrected chi connectivity index (χ4v) is 5.41. The number of hydrogen-bond acceptors (Lipinski definition) is 2. The van der Waals surface area contributed by atoms with E-state index in [1.54, 1.807) is 0 Å². The smallest absolute Gasteiger partial charge is 0.0991 e. The van der Waals surface area contributed by atoms with Gasteiger partial charge in [0.25, 0.3) is 0 Å². The molecule has 6 aromatic carbocycles. The minimum atomic E-state index is 0.639. The van der Waals surface area contributed by atoms with Gasteiger partial charge in [0, 0.05) is 10.8 Å². The second-order valence-electron chi connectivity index (χ2n) is 9.53. The summed E-state index contributed by atoms with van der Waals surface area (Å²) >= 11 is 0. The third kappa shape index (κ3) is 3.70. The van der Waals surface area contributed by atoms with Crippen molar-refractivity contribution in [3.8, 4) is 39.4 Å². The van der Waals surface area contributed by atoms with E-state index in [1.807, 2.05) is 24.3 Å². The number of benzene rings is 6. The first-order chi connectivity index (χ1) is 18.8. The number of pyridine rings is 1. The molecule has 0 aliphatic heterocycles. The Hall–Kier alpha value is -5.26. The summed E-state index contributed by atoms with van der Waals surface area (Å²) in [6, 6.07) is 48.5. The molecule has 0 fully saturated rings. The molecule has 1 heterocycles. The highest BCUT2D eigenvalue weighted by Crippen LogP contribution is 2.40. The molecule has 0 aliphatic rings. The van der Waals surface area contributed by atoms with Crippen molar-refractivity contribution in [1.29, 1.82) is 5.26 Å². The number of nitriles is 1. The van der Waals surface area contributed by atoms with Crippen LogP contribution in [0.15, 0.2) is 133 Å². The van der Waals surface area contributed by atoms with E-state index in [2.05, 4.69) is 115 Å². The van der Waals surface area contributed by atoms with Gasteiger partial charge in [0.05, 0.1) is 22.7 Å². The number of rotatable bonds is 3. The van der Waals surface area contributed by atoms with Crippen LogP contribution >= 0.6 is 0 Å². The van der Waals surface area contributed by atoms with Crippen molar-refractivity contribution < 1.29 is 0 Å². The molecule has 7 aromatic rings. The van der Waals surface area contributed by atoms with Crippen LogP contribution in [0, 0.1) is 11.3 Å². The molecule has 0 saturated heterocycles. The van der Waals surface area contributed by atoms with Crippen molar-refractivity contribution in [1.82, 2.24) is 4.98 Å². The molecule has 0 radical (unpaired) electrons. The van der Waals surface area contributed by atoms with E-state index in [0.29, 0.717) is 5.56 Å². The van der Waals surface area contributed by atoms with Gasteiger partial charge in [-0.05, 0) is 74.5 Å². The Morgan fingerprint density at radius 3 is 1.95 bits per heavy atom. The lowest BCUT2D eigenvalue weighted by Gasteiger charge is -2.16. The van der Waals surface area contributed by atoms with Crippen LogP contribution < -0.4 is 0 Å². The minimum Gasteiger partial charge on any atom is -0.248 e. The van der Waals surface area contributed by atoms with E-state index < -0.39 is 0 Å². The molecule has 2 nitrogen and oxygen atoms in total. The Morgan fingerprint density at radius 2 is 1.13 bits per heavy atom. The number of nitrogens with zero attached hydrogens (tertiary/aromatic N) is 2. The van der Waals surface area contributed by atoms with Gasteiger partial charge < -0.3 is 0 Å². The second-order valence-corrected chi connectivity index (χ2v) is 9.53. The fourth-order valence-electron chi connectivity index (χ4n) is 5.41. The van der Waals surface area contributed by atoms with Crippen LogP contribution in [-0.2, 0) is 0 Å². The van der Waals surface area contributed by atoms with Crippen molar-refractivity contribution in [3.63, 3.8) is 0 Å².